The zero-order chi connectivity index (χ0) is 32.1. The third-order valence-corrected chi connectivity index (χ3v) is 9.63. The average molecular weight is 715 g/mol. The van der Waals surface area contributed by atoms with E-state index in [0.717, 1.165) is 15.6 Å². The highest BCUT2D eigenvalue weighted by Gasteiger charge is 2.61. The highest BCUT2D eigenvalue weighted by Crippen LogP contribution is 2.59. The summed E-state index contributed by atoms with van der Waals surface area (Å²) in [4.78, 5) is 42.3. The molecule has 0 bridgehead atoms. The SMILES string of the molecule is CC(C)(C)OC(=O)N1CCC(Oc2ccc(Br)cc2[C@H]2CC(=O)N[C@@H](c3cccc(Cl)c3)[C@]23C(=O)Nc2cc(Cl)ccc23)CC1. The van der Waals surface area contributed by atoms with Crippen LogP contribution in [0.15, 0.2) is 65.1 Å². The number of ether oxygens (including phenoxy) is 2. The Morgan fingerprint density at radius 2 is 1.73 bits per heavy atom. The Morgan fingerprint density at radius 3 is 2.44 bits per heavy atom. The van der Waals surface area contributed by atoms with Gasteiger partial charge in [0.25, 0.3) is 0 Å². The van der Waals surface area contributed by atoms with Gasteiger partial charge in [-0.2, -0.15) is 0 Å². The second-order valence-electron chi connectivity index (χ2n) is 12.8. The number of hydrogen-bond donors (Lipinski definition) is 2. The number of fused-ring (bicyclic) bond motifs is 2. The molecular formula is C34H34BrCl2N3O5. The lowest BCUT2D eigenvalue weighted by molar-refractivity contribution is -0.131. The fourth-order valence-corrected chi connectivity index (χ4v) is 7.54. The van der Waals surface area contributed by atoms with E-state index in [9.17, 15) is 14.4 Å². The molecule has 11 heteroatoms. The van der Waals surface area contributed by atoms with Gasteiger partial charge in [-0.25, -0.2) is 4.79 Å². The Hall–Kier alpha value is -3.27. The van der Waals surface area contributed by atoms with Crippen LogP contribution in [0.5, 0.6) is 5.75 Å². The van der Waals surface area contributed by atoms with E-state index in [-0.39, 0.29) is 30.4 Å². The van der Waals surface area contributed by atoms with Crippen LogP contribution in [0.2, 0.25) is 10.0 Å². The van der Waals surface area contributed by atoms with Crippen molar-refractivity contribution in [1.82, 2.24) is 10.2 Å². The minimum absolute atomic E-state index is 0.0520. The number of carbonyl (C=O) groups is 3. The molecule has 3 amide bonds. The maximum atomic E-state index is 14.4. The first kappa shape index (κ1) is 31.7. The molecule has 3 aliphatic heterocycles. The molecule has 45 heavy (non-hydrogen) atoms. The molecule has 6 rings (SSSR count). The molecule has 0 aliphatic carbocycles. The second kappa shape index (κ2) is 12.2. The summed E-state index contributed by atoms with van der Waals surface area (Å²) >= 11 is 16.4. The summed E-state index contributed by atoms with van der Waals surface area (Å²) in [6, 6.07) is 17.6. The number of likely N-dealkylation sites (tertiary alicyclic amines) is 1. The molecule has 8 nitrogen and oxygen atoms in total. The minimum Gasteiger partial charge on any atom is -0.490 e. The number of piperidine rings is 2. The van der Waals surface area contributed by atoms with Crippen molar-refractivity contribution in [1.29, 1.82) is 0 Å². The van der Waals surface area contributed by atoms with E-state index < -0.39 is 23.0 Å². The van der Waals surface area contributed by atoms with Crippen molar-refractivity contribution in [3.05, 3.63) is 91.9 Å². The number of anilines is 1. The van der Waals surface area contributed by atoms with Gasteiger partial charge in [0, 0.05) is 64.0 Å². The number of nitrogens with one attached hydrogen (secondary N) is 2. The van der Waals surface area contributed by atoms with Crippen molar-refractivity contribution in [2.45, 2.75) is 69.1 Å². The van der Waals surface area contributed by atoms with Crippen LogP contribution in [0, 0.1) is 0 Å². The predicted molar refractivity (Wildman–Crippen MR) is 177 cm³/mol. The van der Waals surface area contributed by atoms with Crippen LogP contribution < -0.4 is 15.4 Å². The van der Waals surface area contributed by atoms with Crippen LogP contribution in [0.3, 0.4) is 0 Å². The standard InChI is InChI=1S/C34H34BrCl2N3O5/c1-33(2,3)45-32(43)40-13-11-23(12-14-40)44-28-10-7-20(35)16-24(28)26-18-29(41)39-30(19-5-4-6-21(36)15-19)34(26)25-9-8-22(37)17-27(25)38-31(34)42/h4-10,15-17,23,26,30H,11-14,18H2,1-3H3,(H,38,42)(H,39,41)/t26-,30+,34-/m1/s1. The van der Waals surface area contributed by atoms with Crippen molar-refractivity contribution in [2.75, 3.05) is 18.4 Å². The molecule has 3 aliphatic rings. The van der Waals surface area contributed by atoms with Gasteiger partial charge in [0.2, 0.25) is 11.8 Å². The Labute approximate surface area is 280 Å². The topological polar surface area (TPSA) is 97.0 Å². The number of hydrogen-bond acceptors (Lipinski definition) is 5. The van der Waals surface area contributed by atoms with Gasteiger partial charge in [-0.15, -0.1) is 0 Å². The third kappa shape index (κ3) is 6.14. The van der Waals surface area contributed by atoms with Crippen LogP contribution in [-0.2, 0) is 19.7 Å². The van der Waals surface area contributed by atoms with Crippen molar-refractivity contribution in [3.63, 3.8) is 0 Å². The number of halogens is 3. The number of nitrogens with zero attached hydrogens (tertiary/aromatic N) is 1. The zero-order valence-electron chi connectivity index (χ0n) is 25.2. The Bertz CT molecular complexity index is 1670. The molecule has 2 fully saturated rings. The quantitative estimate of drug-likeness (QED) is 0.288. The van der Waals surface area contributed by atoms with Gasteiger partial charge in [-0.3, -0.25) is 9.59 Å². The van der Waals surface area contributed by atoms with Gasteiger partial charge in [0.1, 0.15) is 22.9 Å². The maximum Gasteiger partial charge on any atom is 0.410 e. The van der Waals surface area contributed by atoms with Crippen molar-refractivity contribution >= 4 is 62.7 Å². The summed E-state index contributed by atoms with van der Waals surface area (Å²) < 4.78 is 13.0. The van der Waals surface area contributed by atoms with Gasteiger partial charge >= 0.3 is 6.09 Å². The lowest BCUT2D eigenvalue weighted by Crippen LogP contribution is -2.57. The Morgan fingerprint density at radius 1 is 1.00 bits per heavy atom. The normalized spacial score (nSPS) is 23.4. The average Bonchev–Trinajstić information content (AvgIpc) is 3.25. The van der Waals surface area contributed by atoms with Crippen LogP contribution in [0.4, 0.5) is 10.5 Å². The van der Waals surface area contributed by atoms with E-state index in [1.807, 2.05) is 57.2 Å². The fourth-order valence-electron chi connectivity index (χ4n) is 6.79. The molecule has 2 saturated heterocycles. The molecule has 0 radical (unpaired) electrons. The fraction of sp³-hybridized carbons (Fsp3) is 0.382. The number of benzene rings is 3. The summed E-state index contributed by atoms with van der Waals surface area (Å²) in [6.45, 7) is 6.54. The highest BCUT2D eigenvalue weighted by molar-refractivity contribution is 9.10. The molecule has 0 aromatic heterocycles. The van der Waals surface area contributed by atoms with E-state index in [2.05, 4.69) is 26.6 Å². The Kier molecular flexibility index (Phi) is 8.56. The van der Waals surface area contributed by atoms with E-state index in [4.69, 9.17) is 32.7 Å². The number of rotatable bonds is 4. The van der Waals surface area contributed by atoms with Gasteiger partial charge in [-0.1, -0.05) is 57.3 Å². The predicted octanol–water partition coefficient (Wildman–Crippen LogP) is 7.77. The van der Waals surface area contributed by atoms with Crippen molar-refractivity contribution in [2.24, 2.45) is 0 Å². The van der Waals surface area contributed by atoms with Gasteiger partial charge < -0.3 is 25.0 Å². The summed E-state index contributed by atoms with van der Waals surface area (Å²) in [6.07, 6.45) is 0.759. The number of carbonyl (C=O) groups excluding carboxylic acids is 3. The molecule has 3 aromatic rings. The molecular weight excluding hydrogens is 681 g/mol. The van der Waals surface area contributed by atoms with Gasteiger partial charge in [-0.05, 0) is 74.4 Å². The number of amides is 3. The van der Waals surface area contributed by atoms with Crippen LogP contribution in [0.1, 0.15) is 68.7 Å². The van der Waals surface area contributed by atoms with Crippen molar-refractivity contribution < 1.29 is 23.9 Å². The van der Waals surface area contributed by atoms with Gasteiger partial charge in [0.15, 0.2) is 0 Å². The smallest absolute Gasteiger partial charge is 0.410 e. The first-order valence-corrected chi connectivity index (χ1v) is 16.5. The molecule has 3 aromatic carbocycles. The lowest BCUT2D eigenvalue weighted by Gasteiger charge is -2.47. The molecule has 0 unspecified atom stereocenters. The van der Waals surface area contributed by atoms with E-state index in [1.54, 1.807) is 29.2 Å². The third-order valence-electron chi connectivity index (χ3n) is 8.67. The summed E-state index contributed by atoms with van der Waals surface area (Å²) in [5, 5.41) is 7.19. The summed E-state index contributed by atoms with van der Waals surface area (Å²) in [5.41, 5.74) is 0.982. The van der Waals surface area contributed by atoms with E-state index in [1.165, 1.54) is 0 Å². The van der Waals surface area contributed by atoms with Crippen LogP contribution in [-0.4, -0.2) is 47.6 Å². The molecule has 236 valence electrons. The first-order valence-electron chi connectivity index (χ1n) is 15.0. The Balaban J connectivity index is 1.40. The molecule has 3 heterocycles. The van der Waals surface area contributed by atoms with Crippen LogP contribution >= 0.6 is 39.1 Å². The van der Waals surface area contributed by atoms with E-state index in [0.29, 0.717) is 53.0 Å². The molecule has 1 spiro atoms. The summed E-state index contributed by atoms with van der Waals surface area (Å²) in [7, 11) is 0. The second-order valence-corrected chi connectivity index (χ2v) is 14.6. The zero-order valence-corrected chi connectivity index (χ0v) is 28.3. The van der Waals surface area contributed by atoms with E-state index >= 15 is 0 Å². The molecule has 2 N–H and O–H groups in total. The summed E-state index contributed by atoms with van der Waals surface area (Å²) in [5.74, 6) is -0.450. The highest BCUT2D eigenvalue weighted by atomic mass is 79.9. The van der Waals surface area contributed by atoms with Crippen LogP contribution in [0.25, 0.3) is 0 Å². The lowest BCUT2D eigenvalue weighted by atomic mass is 9.59. The minimum atomic E-state index is -1.24. The first-order chi connectivity index (χ1) is 21.3. The molecule has 3 atom stereocenters. The van der Waals surface area contributed by atoms with Crippen molar-refractivity contribution in [3.8, 4) is 5.75 Å². The maximum absolute atomic E-state index is 14.4. The van der Waals surface area contributed by atoms with Gasteiger partial charge in [0.05, 0.1) is 6.04 Å². The largest absolute Gasteiger partial charge is 0.490 e. The monoisotopic (exact) mass is 713 g/mol. The molecule has 0 saturated carbocycles.